The lowest BCUT2D eigenvalue weighted by Gasteiger charge is -2.23. The number of methoxy groups -OCH3 is 1. The van der Waals surface area contributed by atoms with Gasteiger partial charge in [0.1, 0.15) is 6.61 Å². The van der Waals surface area contributed by atoms with Gasteiger partial charge in [-0.2, -0.15) is 0 Å². The molecule has 1 amide bonds. The van der Waals surface area contributed by atoms with E-state index >= 15 is 0 Å². The Hall–Kier alpha value is -1.98. The highest BCUT2D eigenvalue weighted by Gasteiger charge is 2.19. The van der Waals surface area contributed by atoms with Crippen LogP contribution in [0.1, 0.15) is 17.5 Å². The molecule has 1 saturated heterocycles. The maximum absolute atomic E-state index is 12.0. The Morgan fingerprint density at radius 3 is 2.92 bits per heavy atom. The number of rotatable bonds is 4. The van der Waals surface area contributed by atoms with Crippen molar-refractivity contribution in [3.8, 4) is 0 Å². The van der Waals surface area contributed by atoms with Gasteiger partial charge in [-0.15, -0.1) is 0 Å². The number of amides is 1. The molecule has 0 atom stereocenters. The standard InChI is InChI=1S/C19H25N3O2/c1-15-6-7-18-16(5-3-8-20-18)17(15)13-21-9-4-10-22(12-11-21)19(23)14-24-2/h3,5-8H,4,9-14H2,1-2H3. The first-order chi connectivity index (χ1) is 11.7. The average Bonchev–Trinajstić information content (AvgIpc) is 2.83. The average molecular weight is 327 g/mol. The number of benzene rings is 1. The van der Waals surface area contributed by atoms with Crippen molar-refractivity contribution in [1.29, 1.82) is 0 Å². The lowest BCUT2D eigenvalue weighted by molar-refractivity contribution is -0.135. The molecule has 2 aromatic rings. The fourth-order valence-corrected chi connectivity index (χ4v) is 3.35. The number of carbonyl (C=O) groups excluding carboxylic acids is 1. The summed E-state index contributed by atoms with van der Waals surface area (Å²) in [6, 6.07) is 8.38. The van der Waals surface area contributed by atoms with E-state index in [2.05, 4.69) is 35.0 Å². The Balaban J connectivity index is 1.73. The Morgan fingerprint density at radius 2 is 2.08 bits per heavy atom. The normalized spacial score (nSPS) is 16.3. The van der Waals surface area contributed by atoms with Gasteiger partial charge in [0.2, 0.25) is 5.91 Å². The first-order valence-electron chi connectivity index (χ1n) is 8.51. The zero-order valence-corrected chi connectivity index (χ0v) is 14.5. The molecule has 0 radical (unpaired) electrons. The predicted molar refractivity (Wildman–Crippen MR) is 94.8 cm³/mol. The number of ether oxygens (including phenoxy) is 1. The highest BCUT2D eigenvalue weighted by atomic mass is 16.5. The third-order valence-corrected chi connectivity index (χ3v) is 4.72. The first-order valence-corrected chi connectivity index (χ1v) is 8.51. The summed E-state index contributed by atoms with van der Waals surface area (Å²) in [6.45, 7) is 6.72. The molecule has 0 bridgehead atoms. The Morgan fingerprint density at radius 1 is 1.21 bits per heavy atom. The van der Waals surface area contributed by atoms with Gasteiger partial charge in [0, 0.05) is 51.4 Å². The minimum absolute atomic E-state index is 0.0879. The highest BCUT2D eigenvalue weighted by molar-refractivity contribution is 5.83. The molecule has 2 heterocycles. The molecule has 128 valence electrons. The number of fused-ring (bicyclic) bond motifs is 1. The molecule has 0 unspecified atom stereocenters. The SMILES string of the molecule is COCC(=O)N1CCCN(Cc2c(C)ccc3ncccc23)CC1. The minimum Gasteiger partial charge on any atom is -0.375 e. The number of aryl methyl sites for hydroxylation is 1. The van der Waals surface area contributed by atoms with Crippen LogP contribution in [0.25, 0.3) is 10.9 Å². The molecule has 5 nitrogen and oxygen atoms in total. The summed E-state index contributed by atoms with van der Waals surface area (Å²) >= 11 is 0. The molecular weight excluding hydrogens is 302 g/mol. The summed E-state index contributed by atoms with van der Waals surface area (Å²) in [5.74, 6) is 0.0879. The molecule has 0 aliphatic carbocycles. The summed E-state index contributed by atoms with van der Waals surface area (Å²) in [4.78, 5) is 20.8. The van der Waals surface area contributed by atoms with Crippen molar-refractivity contribution in [2.24, 2.45) is 0 Å². The van der Waals surface area contributed by atoms with Gasteiger partial charge in [0.05, 0.1) is 5.52 Å². The van der Waals surface area contributed by atoms with E-state index in [1.807, 2.05) is 17.2 Å². The topological polar surface area (TPSA) is 45.7 Å². The Labute approximate surface area is 143 Å². The molecule has 0 spiro atoms. The van der Waals surface area contributed by atoms with Crippen LogP contribution in [-0.2, 0) is 16.1 Å². The first kappa shape index (κ1) is 16.9. The maximum atomic E-state index is 12.0. The van der Waals surface area contributed by atoms with Gasteiger partial charge in [0.25, 0.3) is 0 Å². The number of carbonyl (C=O) groups is 1. The second-order valence-corrected chi connectivity index (χ2v) is 6.37. The Bertz CT molecular complexity index is 717. The van der Waals surface area contributed by atoms with E-state index in [-0.39, 0.29) is 12.5 Å². The van der Waals surface area contributed by atoms with E-state index in [0.717, 1.165) is 44.7 Å². The van der Waals surface area contributed by atoms with Crippen LogP contribution in [0.15, 0.2) is 30.5 Å². The van der Waals surface area contributed by atoms with Gasteiger partial charge in [-0.25, -0.2) is 0 Å². The third-order valence-electron chi connectivity index (χ3n) is 4.72. The Kier molecular flexibility index (Phi) is 5.43. The van der Waals surface area contributed by atoms with E-state index in [1.54, 1.807) is 7.11 Å². The highest BCUT2D eigenvalue weighted by Crippen LogP contribution is 2.22. The number of hydrogen-bond acceptors (Lipinski definition) is 4. The number of aromatic nitrogens is 1. The van der Waals surface area contributed by atoms with Crippen LogP contribution in [0, 0.1) is 6.92 Å². The van der Waals surface area contributed by atoms with Gasteiger partial charge < -0.3 is 9.64 Å². The van der Waals surface area contributed by atoms with Crippen molar-refractivity contribution < 1.29 is 9.53 Å². The van der Waals surface area contributed by atoms with E-state index in [9.17, 15) is 4.79 Å². The van der Waals surface area contributed by atoms with Crippen LogP contribution < -0.4 is 0 Å². The van der Waals surface area contributed by atoms with Gasteiger partial charge >= 0.3 is 0 Å². The number of pyridine rings is 1. The van der Waals surface area contributed by atoms with Crippen LogP contribution in [0.2, 0.25) is 0 Å². The maximum Gasteiger partial charge on any atom is 0.248 e. The van der Waals surface area contributed by atoms with Crippen molar-refractivity contribution in [3.05, 3.63) is 41.6 Å². The fourth-order valence-electron chi connectivity index (χ4n) is 3.35. The van der Waals surface area contributed by atoms with Gasteiger partial charge in [0.15, 0.2) is 0 Å². The monoisotopic (exact) mass is 327 g/mol. The molecule has 1 fully saturated rings. The molecule has 3 rings (SSSR count). The van der Waals surface area contributed by atoms with Crippen LogP contribution >= 0.6 is 0 Å². The summed E-state index contributed by atoms with van der Waals surface area (Å²) in [6.07, 6.45) is 2.84. The second kappa shape index (κ2) is 7.73. The van der Waals surface area contributed by atoms with Crippen molar-refractivity contribution in [2.45, 2.75) is 19.9 Å². The van der Waals surface area contributed by atoms with E-state index in [1.165, 1.54) is 16.5 Å². The van der Waals surface area contributed by atoms with Crippen molar-refractivity contribution in [1.82, 2.24) is 14.8 Å². The molecule has 1 aromatic carbocycles. The molecule has 1 aliphatic heterocycles. The summed E-state index contributed by atoms with van der Waals surface area (Å²) in [5.41, 5.74) is 3.69. The van der Waals surface area contributed by atoms with Gasteiger partial charge in [-0.1, -0.05) is 12.1 Å². The molecule has 24 heavy (non-hydrogen) atoms. The largest absolute Gasteiger partial charge is 0.375 e. The minimum atomic E-state index is 0.0879. The summed E-state index contributed by atoms with van der Waals surface area (Å²) in [5, 5.41) is 1.23. The summed E-state index contributed by atoms with van der Waals surface area (Å²) in [7, 11) is 1.57. The lowest BCUT2D eigenvalue weighted by Crippen LogP contribution is -2.37. The second-order valence-electron chi connectivity index (χ2n) is 6.37. The van der Waals surface area contributed by atoms with E-state index in [4.69, 9.17) is 4.74 Å². The van der Waals surface area contributed by atoms with Gasteiger partial charge in [-0.05, 0) is 36.6 Å². The fraction of sp³-hybridized carbons (Fsp3) is 0.474. The van der Waals surface area contributed by atoms with Crippen LogP contribution in [0.4, 0.5) is 0 Å². The zero-order valence-electron chi connectivity index (χ0n) is 14.5. The molecular formula is C19H25N3O2. The number of hydrogen-bond donors (Lipinski definition) is 0. The lowest BCUT2D eigenvalue weighted by atomic mass is 10.0. The van der Waals surface area contributed by atoms with Crippen LogP contribution in [-0.4, -0.2) is 60.6 Å². The van der Waals surface area contributed by atoms with Crippen molar-refractivity contribution in [2.75, 3.05) is 39.9 Å². The molecule has 1 aromatic heterocycles. The summed E-state index contributed by atoms with van der Waals surface area (Å²) < 4.78 is 4.97. The molecule has 0 saturated carbocycles. The van der Waals surface area contributed by atoms with E-state index in [0.29, 0.717) is 0 Å². The molecule has 0 N–H and O–H groups in total. The zero-order chi connectivity index (χ0) is 16.9. The quantitative estimate of drug-likeness (QED) is 0.864. The smallest absolute Gasteiger partial charge is 0.248 e. The van der Waals surface area contributed by atoms with Gasteiger partial charge in [-0.3, -0.25) is 14.7 Å². The van der Waals surface area contributed by atoms with Crippen molar-refractivity contribution in [3.63, 3.8) is 0 Å². The molecule has 1 aliphatic rings. The molecule has 5 heteroatoms. The van der Waals surface area contributed by atoms with Crippen LogP contribution in [0.3, 0.4) is 0 Å². The van der Waals surface area contributed by atoms with Crippen molar-refractivity contribution >= 4 is 16.8 Å². The predicted octanol–water partition coefficient (Wildman–Crippen LogP) is 2.22. The van der Waals surface area contributed by atoms with E-state index < -0.39 is 0 Å². The van der Waals surface area contributed by atoms with Crippen LogP contribution in [0.5, 0.6) is 0 Å². The number of nitrogens with zero attached hydrogens (tertiary/aromatic N) is 3. The third kappa shape index (κ3) is 3.74.